The number of piperidine rings is 1. The van der Waals surface area contributed by atoms with E-state index in [1.54, 1.807) is 54.2 Å². The van der Waals surface area contributed by atoms with Gasteiger partial charge in [0.05, 0.1) is 29.3 Å². The van der Waals surface area contributed by atoms with Crippen molar-refractivity contribution >= 4 is 23.6 Å². The van der Waals surface area contributed by atoms with Crippen LogP contribution in [0, 0.1) is 18.3 Å². The molecule has 3 N–H and O–H groups in total. The first-order valence-electron chi connectivity index (χ1n) is 12.4. The number of likely N-dealkylation sites (tertiary alicyclic amines) is 1. The van der Waals surface area contributed by atoms with E-state index in [-0.39, 0.29) is 18.0 Å². The predicted molar refractivity (Wildman–Crippen MR) is 141 cm³/mol. The first-order valence-corrected chi connectivity index (χ1v) is 12.4. The van der Waals surface area contributed by atoms with Gasteiger partial charge in [-0.2, -0.15) is 5.26 Å². The van der Waals surface area contributed by atoms with Crippen molar-refractivity contribution in [3.63, 3.8) is 0 Å². The third kappa shape index (κ3) is 5.67. The highest BCUT2D eigenvalue weighted by atomic mass is 16.4. The number of carboxylic acid groups (broad SMARTS) is 1. The van der Waals surface area contributed by atoms with E-state index in [4.69, 9.17) is 11.0 Å². The third-order valence-corrected chi connectivity index (χ3v) is 7.00. The van der Waals surface area contributed by atoms with Crippen molar-refractivity contribution in [2.75, 3.05) is 18.0 Å². The molecule has 196 valence electrons. The summed E-state index contributed by atoms with van der Waals surface area (Å²) in [5, 5.41) is 19.0. The van der Waals surface area contributed by atoms with Gasteiger partial charge in [0.2, 0.25) is 0 Å². The van der Waals surface area contributed by atoms with E-state index in [1.165, 1.54) is 0 Å². The van der Waals surface area contributed by atoms with Gasteiger partial charge in [0.1, 0.15) is 6.04 Å². The Morgan fingerprint density at radius 2 is 1.87 bits per heavy atom. The monoisotopic (exact) mass is 514 g/mol. The van der Waals surface area contributed by atoms with E-state index in [1.807, 2.05) is 24.3 Å². The molecule has 1 atom stereocenters. The van der Waals surface area contributed by atoms with Crippen LogP contribution in [0.1, 0.15) is 51.5 Å². The average molecular weight is 515 g/mol. The zero-order valence-electron chi connectivity index (χ0n) is 21.4. The minimum atomic E-state index is -1.30. The zero-order valence-corrected chi connectivity index (χ0v) is 21.4. The maximum Gasteiger partial charge on any atom is 0.327 e. The molecule has 0 bridgehead atoms. The highest BCUT2D eigenvalue weighted by Crippen LogP contribution is 2.30. The SMILES string of the molecule is Cc1ccc(C(=O)N2CCC(c3ccc(C#N)cc3)CC2)cc1N(C(N)=O)[C@@H](Cc1cn(C)cn1)C(=O)O. The topological polar surface area (TPSA) is 146 Å². The highest BCUT2D eigenvalue weighted by molar-refractivity contribution is 6.01. The molecule has 0 saturated carbocycles. The van der Waals surface area contributed by atoms with Crippen molar-refractivity contribution < 1.29 is 19.5 Å². The number of anilines is 1. The number of carbonyl (C=O) groups is 3. The number of hydrogen-bond acceptors (Lipinski definition) is 5. The minimum absolute atomic E-state index is 0.0421. The summed E-state index contributed by atoms with van der Waals surface area (Å²) in [4.78, 5) is 45.1. The Labute approximate surface area is 220 Å². The summed E-state index contributed by atoms with van der Waals surface area (Å²) in [6.07, 6.45) is 4.77. The molecule has 0 unspecified atom stereocenters. The van der Waals surface area contributed by atoms with Crippen LogP contribution in [0.4, 0.5) is 10.5 Å². The number of carboxylic acids is 1. The second-order valence-corrected chi connectivity index (χ2v) is 9.60. The second kappa shape index (κ2) is 11.2. The smallest absolute Gasteiger partial charge is 0.327 e. The quantitative estimate of drug-likeness (QED) is 0.495. The summed E-state index contributed by atoms with van der Waals surface area (Å²) in [6, 6.07) is 12.4. The number of aliphatic carboxylic acids is 1. The number of aromatic nitrogens is 2. The van der Waals surface area contributed by atoms with Crippen LogP contribution >= 0.6 is 0 Å². The lowest BCUT2D eigenvalue weighted by Gasteiger charge is -2.33. The molecule has 0 aliphatic carbocycles. The fraction of sp³-hybridized carbons (Fsp3) is 0.321. The van der Waals surface area contributed by atoms with Gasteiger partial charge >= 0.3 is 12.0 Å². The molecule has 10 heteroatoms. The van der Waals surface area contributed by atoms with E-state index in [0.29, 0.717) is 41.4 Å². The molecule has 1 aromatic heterocycles. The maximum atomic E-state index is 13.4. The Bertz CT molecular complexity index is 1380. The molecule has 10 nitrogen and oxygen atoms in total. The number of nitriles is 1. The molecular weight excluding hydrogens is 484 g/mol. The summed E-state index contributed by atoms with van der Waals surface area (Å²) >= 11 is 0. The lowest BCUT2D eigenvalue weighted by molar-refractivity contribution is -0.138. The van der Waals surface area contributed by atoms with Gasteiger partial charge in [0.15, 0.2) is 0 Å². The van der Waals surface area contributed by atoms with E-state index in [9.17, 15) is 19.5 Å². The lowest BCUT2D eigenvalue weighted by atomic mass is 9.89. The van der Waals surface area contributed by atoms with Gasteiger partial charge < -0.3 is 20.3 Å². The van der Waals surface area contributed by atoms with E-state index in [2.05, 4.69) is 11.1 Å². The number of rotatable bonds is 7. The van der Waals surface area contributed by atoms with Crippen LogP contribution in [-0.4, -0.2) is 56.6 Å². The van der Waals surface area contributed by atoms with Gasteiger partial charge in [-0.3, -0.25) is 9.69 Å². The third-order valence-electron chi connectivity index (χ3n) is 7.00. The first-order chi connectivity index (χ1) is 18.2. The summed E-state index contributed by atoms with van der Waals surface area (Å²) in [5.41, 5.74) is 9.20. The molecule has 0 radical (unpaired) electrons. The van der Waals surface area contributed by atoms with Crippen molar-refractivity contribution in [2.24, 2.45) is 12.8 Å². The number of benzene rings is 2. The van der Waals surface area contributed by atoms with Crippen LogP contribution in [0.15, 0.2) is 55.0 Å². The van der Waals surface area contributed by atoms with Crippen LogP contribution in [-0.2, 0) is 18.3 Å². The van der Waals surface area contributed by atoms with E-state index >= 15 is 0 Å². The lowest BCUT2D eigenvalue weighted by Crippen LogP contribution is -2.49. The van der Waals surface area contributed by atoms with Crippen LogP contribution in [0.3, 0.4) is 0 Å². The first kappa shape index (κ1) is 26.4. The summed E-state index contributed by atoms with van der Waals surface area (Å²) < 4.78 is 1.69. The van der Waals surface area contributed by atoms with Crippen LogP contribution < -0.4 is 10.6 Å². The van der Waals surface area contributed by atoms with E-state index < -0.39 is 18.0 Å². The number of carbonyl (C=O) groups excluding carboxylic acids is 2. The largest absolute Gasteiger partial charge is 0.480 e. The van der Waals surface area contributed by atoms with Gasteiger partial charge in [0, 0.05) is 38.3 Å². The number of urea groups is 1. The molecule has 3 amide bonds. The Morgan fingerprint density at radius 3 is 2.42 bits per heavy atom. The zero-order chi connectivity index (χ0) is 27.4. The van der Waals surface area contributed by atoms with Gasteiger partial charge in [-0.15, -0.1) is 0 Å². The fourth-order valence-electron chi connectivity index (χ4n) is 4.93. The molecule has 0 spiro atoms. The predicted octanol–water partition coefficient (Wildman–Crippen LogP) is 3.20. The van der Waals surface area contributed by atoms with Crippen LogP contribution in [0.25, 0.3) is 0 Å². The van der Waals surface area contributed by atoms with Crippen molar-refractivity contribution in [3.8, 4) is 6.07 Å². The normalized spacial score (nSPS) is 14.5. The number of nitrogens with zero attached hydrogens (tertiary/aromatic N) is 5. The van der Waals surface area contributed by atoms with Crippen molar-refractivity contribution in [1.82, 2.24) is 14.5 Å². The van der Waals surface area contributed by atoms with Gasteiger partial charge in [-0.25, -0.2) is 14.6 Å². The molecule has 4 rings (SSSR count). The van der Waals surface area contributed by atoms with Crippen LogP contribution in [0.2, 0.25) is 0 Å². The molecule has 38 heavy (non-hydrogen) atoms. The van der Waals surface area contributed by atoms with Crippen molar-refractivity contribution in [2.45, 2.75) is 38.1 Å². The van der Waals surface area contributed by atoms with Crippen molar-refractivity contribution in [1.29, 1.82) is 5.26 Å². The van der Waals surface area contributed by atoms with Gasteiger partial charge in [-0.05, 0) is 61.1 Å². The average Bonchev–Trinajstić information content (AvgIpc) is 3.33. The Hall–Kier alpha value is -4.65. The van der Waals surface area contributed by atoms with Gasteiger partial charge in [0.25, 0.3) is 5.91 Å². The number of amides is 3. The van der Waals surface area contributed by atoms with E-state index in [0.717, 1.165) is 23.3 Å². The number of nitrogens with two attached hydrogens (primary N) is 1. The number of hydrogen-bond donors (Lipinski definition) is 2. The summed E-state index contributed by atoms with van der Waals surface area (Å²) in [7, 11) is 1.77. The standard InChI is InChI=1S/C28H30N6O4/c1-18-3-6-22(26(35)33-11-9-21(10-12-33)20-7-4-19(15-29)5-8-20)13-24(18)34(28(30)38)25(27(36)37)14-23-16-32(2)17-31-23/h3-8,13,16-17,21,25H,9-12,14H2,1-2H3,(H2,30,38)(H,36,37)/t25-/m0/s1. The highest BCUT2D eigenvalue weighted by Gasteiger charge is 2.33. The molecule has 1 fully saturated rings. The van der Waals surface area contributed by atoms with Crippen molar-refractivity contribution in [3.05, 3.63) is 82.9 Å². The number of aryl methyl sites for hydroxylation is 2. The minimum Gasteiger partial charge on any atom is -0.480 e. The van der Waals surface area contributed by atoms with Gasteiger partial charge in [-0.1, -0.05) is 18.2 Å². The Balaban J connectivity index is 1.53. The summed E-state index contributed by atoms with van der Waals surface area (Å²) in [6.45, 7) is 2.86. The molecule has 2 heterocycles. The molecule has 1 saturated heterocycles. The number of imidazole rings is 1. The molecule has 1 aliphatic heterocycles. The second-order valence-electron chi connectivity index (χ2n) is 9.60. The maximum absolute atomic E-state index is 13.4. The molecule has 2 aromatic carbocycles. The molecule has 1 aliphatic rings. The number of primary amides is 1. The molecular formula is C28H30N6O4. The molecule has 3 aromatic rings. The van der Waals surface area contributed by atoms with Crippen LogP contribution in [0.5, 0.6) is 0 Å². The Kier molecular flexibility index (Phi) is 7.76. The summed E-state index contributed by atoms with van der Waals surface area (Å²) in [5.74, 6) is -1.12. The fourth-order valence-corrected chi connectivity index (χ4v) is 4.93. The Morgan fingerprint density at radius 1 is 1.18 bits per heavy atom.